The number of nitrogens with zero attached hydrogens (tertiary/aromatic N) is 2. The largest absolute Gasteiger partial charge is 0.435 e. The molecular weight excluding hydrogens is 307 g/mol. The Morgan fingerprint density at radius 3 is 2.43 bits per heavy atom. The van der Waals surface area contributed by atoms with Crippen LogP contribution >= 0.6 is 0 Å². The van der Waals surface area contributed by atoms with E-state index in [9.17, 15) is 18.0 Å². The number of fused-ring (bicyclic) bond motifs is 1. The number of rotatable bonds is 4. The Bertz CT molecular complexity index is 748. The minimum Gasteiger partial charge on any atom is -0.346 e. The number of alkyl halides is 3. The van der Waals surface area contributed by atoms with Crippen LogP contribution in [0.5, 0.6) is 0 Å². The van der Waals surface area contributed by atoms with Gasteiger partial charge in [0.2, 0.25) is 5.82 Å². The molecule has 2 heterocycles. The van der Waals surface area contributed by atoms with Gasteiger partial charge in [-0.15, -0.1) is 0 Å². The summed E-state index contributed by atoms with van der Waals surface area (Å²) in [6, 6.07) is 4.50. The van der Waals surface area contributed by atoms with Crippen molar-refractivity contribution in [1.29, 1.82) is 0 Å². The maximum absolute atomic E-state index is 13.1. The molecule has 0 unspecified atom stereocenters. The zero-order chi connectivity index (χ0) is 16.2. The summed E-state index contributed by atoms with van der Waals surface area (Å²) in [5.74, 6) is 0.226. The number of hydrogen-bond acceptors (Lipinski definition) is 2. The minimum absolute atomic E-state index is 0.0768. The van der Waals surface area contributed by atoms with Crippen molar-refractivity contribution in [2.45, 2.75) is 37.9 Å². The fourth-order valence-electron chi connectivity index (χ4n) is 3.15. The van der Waals surface area contributed by atoms with Gasteiger partial charge in [0.1, 0.15) is 0 Å². The molecule has 2 aliphatic rings. The summed E-state index contributed by atoms with van der Waals surface area (Å²) < 4.78 is 40.6. The first-order valence-electron chi connectivity index (χ1n) is 7.80. The van der Waals surface area contributed by atoms with Crippen molar-refractivity contribution < 1.29 is 18.0 Å². The van der Waals surface area contributed by atoms with Crippen LogP contribution in [0, 0.1) is 11.8 Å². The van der Waals surface area contributed by atoms with Crippen molar-refractivity contribution in [3.8, 4) is 0 Å². The molecule has 0 aliphatic heterocycles. The molecule has 122 valence electrons. The van der Waals surface area contributed by atoms with Crippen molar-refractivity contribution in [3.05, 3.63) is 35.9 Å². The second-order valence-electron chi connectivity index (χ2n) is 6.41. The number of imidazole rings is 1. The summed E-state index contributed by atoms with van der Waals surface area (Å²) in [5.41, 5.74) is -1.11. The van der Waals surface area contributed by atoms with E-state index < -0.39 is 17.8 Å². The number of halogens is 3. The Morgan fingerprint density at radius 2 is 1.87 bits per heavy atom. The first-order chi connectivity index (χ1) is 10.9. The predicted molar refractivity (Wildman–Crippen MR) is 76.9 cm³/mol. The zero-order valence-electron chi connectivity index (χ0n) is 12.3. The van der Waals surface area contributed by atoms with E-state index in [2.05, 4.69) is 10.3 Å². The number of hydrogen-bond donors (Lipinski definition) is 1. The Morgan fingerprint density at radius 1 is 1.22 bits per heavy atom. The highest BCUT2D eigenvalue weighted by atomic mass is 19.4. The van der Waals surface area contributed by atoms with Gasteiger partial charge >= 0.3 is 6.18 Å². The monoisotopic (exact) mass is 323 g/mol. The van der Waals surface area contributed by atoms with Crippen LogP contribution in [-0.2, 0) is 6.18 Å². The van der Waals surface area contributed by atoms with E-state index in [1.165, 1.54) is 22.7 Å². The molecule has 4 nitrogen and oxygen atoms in total. The van der Waals surface area contributed by atoms with Crippen molar-refractivity contribution in [3.63, 3.8) is 0 Å². The molecular formula is C16H16F3N3O. The number of nitrogens with one attached hydrogen (secondary N) is 1. The quantitative estimate of drug-likeness (QED) is 0.939. The first-order valence-corrected chi connectivity index (χ1v) is 7.80. The van der Waals surface area contributed by atoms with E-state index in [1.807, 2.05) is 0 Å². The Labute approximate surface area is 130 Å². The van der Waals surface area contributed by atoms with Gasteiger partial charge in [0, 0.05) is 12.2 Å². The maximum atomic E-state index is 13.1. The number of carbonyl (C=O) groups excluding carboxylic acids is 1. The van der Waals surface area contributed by atoms with E-state index in [0.29, 0.717) is 11.8 Å². The average Bonchev–Trinajstić information content (AvgIpc) is 3.39. The molecule has 0 saturated heterocycles. The Kier molecular flexibility index (Phi) is 3.14. The lowest BCUT2D eigenvalue weighted by molar-refractivity contribution is -0.139. The standard InChI is InChI=1S/C16H16F3N3O/c17-16(18,19)13-11-3-1-2-8-22(11)14(21-13)15(23)20-12(9-4-5-9)10-6-7-10/h1-3,8-10,12H,4-7H2,(H,20,23). The Hall–Kier alpha value is -2.05. The topological polar surface area (TPSA) is 46.4 Å². The number of amides is 1. The molecule has 2 fully saturated rings. The molecule has 2 aliphatic carbocycles. The van der Waals surface area contributed by atoms with Crippen LogP contribution < -0.4 is 5.32 Å². The van der Waals surface area contributed by atoms with Gasteiger partial charge in [-0.3, -0.25) is 9.20 Å². The smallest absolute Gasteiger partial charge is 0.346 e. The van der Waals surface area contributed by atoms with Gasteiger partial charge in [0.15, 0.2) is 5.69 Å². The Balaban J connectivity index is 1.69. The molecule has 23 heavy (non-hydrogen) atoms. The molecule has 4 rings (SSSR count). The van der Waals surface area contributed by atoms with Crippen molar-refractivity contribution in [2.75, 3.05) is 0 Å². The van der Waals surface area contributed by atoms with Gasteiger partial charge < -0.3 is 5.32 Å². The van der Waals surface area contributed by atoms with E-state index >= 15 is 0 Å². The van der Waals surface area contributed by atoms with Crippen LogP contribution in [-0.4, -0.2) is 21.3 Å². The molecule has 0 radical (unpaired) electrons. The predicted octanol–water partition coefficient (Wildman–Crippen LogP) is 3.27. The fourth-order valence-corrected chi connectivity index (χ4v) is 3.15. The number of pyridine rings is 1. The van der Waals surface area contributed by atoms with E-state index in [4.69, 9.17) is 0 Å². The fraction of sp³-hybridized carbons (Fsp3) is 0.500. The maximum Gasteiger partial charge on any atom is 0.435 e. The van der Waals surface area contributed by atoms with Crippen LogP contribution in [0.15, 0.2) is 24.4 Å². The summed E-state index contributed by atoms with van der Waals surface area (Å²) >= 11 is 0. The molecule has 0 spiro atoms. The van der Waals surface area contributed by atoms with Gasteiger partial charge in [0.05, 0.1) is 5.52 Å². The second kappa shape index (κ2) is 4.97. The van der Waals surface area contributed by atoms with Crippen LogP contribution in [0.2, 0.25) is 0 Å². The van der Waals surface area contributed by atoms with Gasteiger partial charge in [-0.2, -0.15) is 13.2 Å². The summed E-state index contributed by atoms with van der Waals surface area (Å²) in [6.45, 7) is 0. The molecule has 1 amide bonds. The van der Waals surface area contributed by atoms with Crippen LogP contribution in [0.4, 0.5) is 13.2 Å². The van der Waals surface area contributed by atoms with Crippen LogP contribution in [0.3, 0.4) is 0 Å². The van der Waals surface area contributed by atoms with Gasteiger partial charge in [-0.05, 0) is 49.7 Å². The molecule has 2 aromatic heterocycles. The highest BCUT2D eigenvalue weighted by Gasteiger charge is 2.43. The van der Waals surface area contributed by atoms with Crippen LogP contribution in [0.25, 0.3) is 5.52 Å². The summed E-state index contributed by atoms with van der Waals surface area (Å²) in [4.78, 5) is 16.1. The summed E-state index contributed by atoms with van der Waals surface area (Å²) in [6.07, 6.45) is 1.18. The SMILES string of the molecule is O=C(NC(C1CC1)C1CC1)c1nc(C(F)(F)F)c2ccccn12. The van der Waals surface area contributed by atoms with E-state index in [-0.39, 0.29) is 17.4 Å². The van der Waals surface area contributed by atoms with Gasteiger partial charge in [-0.25, -0.2) is 4.98 Å². The third-order valence-electron chi connectivity index (χ3n) is 4.58. The third kappa shape index (κ3) is 2.68. The first kappa shape index (κ1) is 14.5. The lowest BCUT2D eigenvalue weighted by Crippen LogP contribution is -2.39. The molecule has 2 saturated carbocycles. The highest BCUT2D eigenvalue weighted by molar-refractivity contribution is 5.92. The van der Waals surface area contributed by atoms with Gasteiger partial charge in [-0.1, -0.05) is 6.07 Å². The summed E-state index contributed by atoms with van der Waals surface area (Å²) in [5, 5.41) is 2.92. The van der Waals surface area contributed by atoms with Crippen molar-refractivity contribution in [2.24, 2.45) is 11.8 Å². The molecule has 1 N–H and O–H groups in total. The molecule has 2 aromatic rings. The number of carbonyl (C=O) groups is 1. The van der Waals surface area contributed by atoms with E-state index in [1.54, 1.807) is 6.07 Å². The molecule has 0 atom stereocenters. The molecule has 7 heteroatoms. The normalized spacial score (nSPS) is 18.6. The second-order valence-corrected chi connectivity index (χ2v) is 6.41. The number of aromatic nitrogens is 2. The van der Waals surface area contributed by atoms with Crippen molar-refractivity contribution >= 4 is 11.4 Å². The molecule has 0 bridgehead atoms. The van der Waals surface area contributed by atoms with Gasteiger partial charge in [0.25, 0.3) is 5.91 Å². The average molecular weight is 323 g/mol. The van der Waals surface area contributed by atoms with Crippen LogP contribution in [0.1, 0.15) is 42.0 Å². The summed E-state index contributed by atoms with van der Waals surface area (Å²) in [7, 11) is 0. The molecule has 0 aromatic carbocycles. The van der Waals surface area contributed by atoms with E-state index in [0.717, 1.165) is 25.7 Å². The third-order valence-corrected chi connectivity index (χ3v) is 4.58. The highest BCUT2D eigenvalue weighted by Crippen LogP contribution is 2.44. The zero-order valence-corrected chi connectivity index (χ0v) is 12.3. The minimum atomic E-state index is -4.59. The van der Waals surface area contributed by atoms with Crippen molar-refractivity contribution in [1.82, 2.24) is 14.7 Å². The lowest BCUT2D eigenvalue weighted by Gasteiger charge is -2.17. The lowest BCUT2D eigenvalue weighted by atomic mass is 10.1.